The van der Waals surface area contributed by atoms with Crippen LogP contribution in [0.2, 0.25) is 0 Å². The number of aromatic nitrogens is 4. The molecule has 102 valence electrons. The fraction of sp³-hybridized carbons (Fsp3) is 0.214. The quantitative estimate of drug-likeness (QED) is 0.691. The van der Waals surface area contributed by atoms with Crippen LogP contribution < -0.4 is 11.3 Å². The molecule has 0 atom stereocenters. The summed E-state index contributed by atoms with van der Waals surface area (Å²) in [5, 5.41) is 12.8. The Morgan fingerprint density at radius 1 is 1.20 bits per heavy atom. The van der Waals surface area contributed by atoms with Gasteiger partial charge < -0.3 is 5.84 Å². The first kappa shape index (κ1) is 12.4. The van der Waals surface area contributed by atoms with E-state index < -0.39 is 0 Å². The van der Waals surface area contributed by atoms with Gasteiger partial charge in [0.1, 0.15) is 6.33 Å². The number of fused-ring (bicyclic) bond motifs is 1. The minimum atomic E-state index is 0.194. The van der Waals surface area contributed by atoms with Crippen molar-refractivity contribution in [1.29, 1.82) is 5.41 Å². The number of hydrogen-bond donors (Lipinski definition) is 2. The molecule has 0 aliphatic carbocycles. The average molecular weight is 268 g/mol. The summed E-state index contributed by atoms with van der Waals surface area (Å²) < 4.78 is 2.90. The number of nitrogens with zero attached hydrogens (tertiary/aromatic N) is 4. The van der Waals surface area contributed by atoms with Crippen LogP contribution in [0.15, 0.2) is 36.8 Å². The van der Waals surface area contributed by atoms with Crippen LogP contribution in [0.3, 0.4) is 0 Å². The van der Waals surface area contributed by atoms with Crippen LogP contribution in [0.5, 0.6) is 0 Å². The SMILES string of the molecule is CC(C)c1ccc(-n2ncc3c(=N)n(N)cnc32)cc1. The maximum Gasteiger partial charge on any atom is 0.168 e. The zero-order chi connectivity index (χ0) is 14.3. The highest BCUT2D eigenvalue weighted by molar-refractivity contribution is 5.74. The molecule has 0 radical (unpaired) electrons. The summed E-state index contributed by atoms with van der Waals surface area (Å²) in [4.78, 5) is 4.25. The predicted molar refractivity (Wildman–Crippen MR) is 76.9 cm³/mol. The highest BCUT2D eigenvalue weighted by Crippen LogP contribution is 2.18. The normalized spacial score (nSPS) is 11.3. The molecule has 0 aliphatic heterocycles. The van der Waals surface area contributed by atoms with Gasteiger partial charge in [-0.1, -0.05) is 26.0 Å². The number of hydrogen-bond acceptors (Lipinski definition) is 4. The molecule has 0 aliphatic rings. The van der Waals surface area contributed by atoms with Gasteiger partial charge in [-0.2, -0.15) is 5.10 Å². The van der Waals surface area contributed by atoms with Gasteiger partial charge in [0.2, 0.25) is 0 Å². The maximum atomic E-state index is 7.90. The lowest BCUT2D eigenvalue weighted by Crippen LogP contribution is -2.27. The van der Waals surface area contributed by atoms with Crippen LogP contribution in [-0.4, -0.2) is 19.4 Å². The van der Waals surface area contributed by atoms with Crippen LogP contribution in [0, 0.1) is 5.41 Å². The van der Waals surface area contributed by atoms with E-state index >= 15 is 0 Å². The van der Waals surface area contributed by atoms with Crippen LogP contribution in [-0.2, 0) is 0 Å². The Bertz CT molecular complexity index is 810. The second kappa shape index (κ2) is 4.48. The molecule has 6 heteroatoms. The molecule has 6 nitrogen and oxygen atoms in total. The molecule has 0 amide bonds. The minimum absolute atomic E-state index is 0.194. The fourth-order valence-electron chi connectivity index (χ4n) is 2.14. The Kier molecular flexibility index (Phi) is 2.78. The summed E-state index contributed by atoms with van der Waals surface area (Å²) in [5.41, 5.74) is 3.03. The zero-order valence-electron chi connectivity index (χ0n) is 11.4. The Morgan fingerprint density at radius 2 is 1.90 bits per heavy atom. The van der Waals surface area contributed by atoms with E-state index in [1.165, 1.54) is 16.6 Å². The fourth-order valence-corrected chi connectivity index (χ4v) is 2.14. The van der Waals surface area contributed by atoms with Gasteiger partial charge in [0, 0.05) is 0 Å². The Hall–Kier alpha value is -2.63. The number of nitrogens with two attached hydrogens (primary N) is 1. The van der Waals surface area contributed by atoms with E-state index in [1.807, 2.05) is 12.1 Å². The highest BCUT2D eigenvalue weighted by Gasteiger charge is 2.09. The van der Waals surface area contributed by atoms with E-state index in [9.17, 15) is 0 Å². The van der Waals surface area contributed by atoms with Crippen molar-refractivity contribution in [2.24, 2.45) is 0 Å². The summed E-state index contributed by atoms with van der Waals surface area (Å²) in [6.07, 6.45) is 3.04. The summed E-state index contributed by atoms with van der Waals surface area (Å²) >= 11 is 0. The first-order chi connectivity index (χ1) is 9.58. The Labute approximate surface area is 116 Å². The van der Waals surface area contributed by atoms with Gasteiger partial charge in [-0.3, -0.25) is 5.41 Å². The number of rotatable bonds is 2. The van der Waals surface area contributed by atoms with Crippen LogP contribution in [0.4, 0.5) is 0 Å². The lowest BCUT2D eigenvalue weighted by atomic mass is 10.0. The zero-order valence-corrected chi connectivity index (χ0v) is 11.4. The molecular formula is C14H16N6. The third kappa shape index (κ3) is 1.85. The molecule has 0 bridgehead atoms. The van der Waals surface area contributed by atoms with E-state index in [1.54, 1.807) is 10.9 Å². The van der Waals surface area contributed by atoms with Crippen molar-refractivity contribution in [3.63, 3.8) is 0 Å². The Balaban J connectivity index is 2.15. The van der Waals surface area contributed by atoms with Gasteiger partial charge in [0.25, 0.3) is 0 Å². The molecule has 3 N–H and O–H groups in total. The molecule has 0 saturated carbocycles. The minimum Gasteiger partial charge on any atom is -0.336 e. The first-order valence-corrected chi connectivity index (χ1v) is 6.43. The average Bonchev–Trinajstić information content (AvgIpc) is 2.87. The Morgan fingerprint density at radius 3 is 2.55 bits per heavy atom. The lowest BCUT2D eigenvalue weighted by molar-refractivity contribution is 0.845. The summed E-state index contributed by atoms with van der Waals surface area (Å²) in [5.74, 6) is 6.11. The van der Waals surface area contributed by atoms with Gasteiger partial charge in [-0.25, -0.2) is 14.3 Å². The van der Waals surface area contributed by atoms with E-state index in [0.29, 0.717) is 17.0 Å². The van der Waals surface area contributed by atoms with Crippen molar-refractivity contribution >= 4 is 11.0 Å². The van der Waals surface area contributed by atoms with Crippen molar-refractivity contribution in [3.05, 3.63) is 47.8 Å². The van der Waals surface area contributed by atoms with E-state index in [-0.39, 0.29) is 5.49 Å². The second-order valence-electron chi connectivity index (χ2n) is 5.04. The van der Waals surface area contributed by atoms with E-state index in [2.05, 4.69) is 36.1 Å². The van der Waals surface area contributed by atoms with Gasteiger partial charge in [-0.15, -0.1) is 0 Å². The third-order valence-corrected chi connectivity index (χ3v) is 3.37. The number of nitrogens with one attached hydrogen (secondary N) is 1. The van der Waals surface area contributed by atoms with Crippen molar-refractivity contribution in [3.8, 4) is 5.69 Å². The molecule has 1 aromatic carbocycles. The molecule has 0 unspecified atom stereocenters. The third-order valence-electron chi connectivity index (χ3n) is 3.37. The lowest BCUT2D eigenvalue weighted by Gasteiger charge is -2.07. The molecule has 0 saturated heterocycles. The van der Waals surface area contributed by atoms with Crippen molar-refractivity contribution in [2.75, 3.05) is 5.84 Å². The summed E-state index contributed by atoms with van der Waals surface area (Å²) in [6, 6.07) is 8.19. The molecular weight excluding hydrogens is 252 g/mol. The summed E-state index contributed by atoms with van der Waals surface area (Å²) in [6.45, 7) is 4.32. The van der Waals surface area contributed by atoms with Crippen molar-refractivity contribution in [2.45, 2.75) is 19.8 Å². The summed E-state index contributed by atoms with van der Waals surface area (Å²) in [7, 11) is 0. The monoisotopic (exact) mass is 268 g/mol. The molecule has 2 heterocycles. The van der Waals surface area contributed by atoms with Gasteiger partial charge in [0.05, 0.1) is 17.3 Å². The molecule has 0 spiro atoms. The van der Waals surface area contributed by atoms with Crippen LogP contribution in [0.25, 0.3) is 16.7 Å². The molecule has 20 heavy (non-hydrogen) atoms. The van der Waals surface area contributed by atoms with E-state index in [4.69, 9.17) is 11.3 Å². The number of nitrogen functional groups attached to an aromatic ring is 1. The number of benzene rings is 1. The van der Waals surface area contributed by atoms with Gasteiger partial charge in [-0.05, 0) is 23.6 Å². The van der Waals surface area contributed by atoms with Crippen molar-refractivity contribution < 1.29 is 0 Å². The molecule has 2 aromatic heterocycles. The first-order valence-electron chi connectivity index (χ1n) is 6.43. The molecule has 0 fully saturated rings. The van der Waals surface area contributed by atoms with Crippen LogP contribution >= 0.6 is 0 Å². The molecule has 3 aromatic rings. The van der Waals surface area contributed by atoms with E-state index in [0.717, 1.165) is 5.69 Å². The largest absolute Gasteiger partial charge is 0.336 e. The standard InChI is InChI=1S/C14H16N6/c1-9(2)10-3-5-11(6-4-10)20-14-12(7-18-20)13(15)19(16)8-17-14/h3-9,15H,16H2,1-2H3. The predicted octanol–water partition coefficient (Wildman–Crippen LogP) is 1.54. The maximum absolute atomic E-state index is 7.90. The topological polar surface area (TPSA) is 85.5 Å². The molecule has 3 rings (SSSR count). The smallest absolute Gasteiger partial charge is 0.168 e. The second-order valence-corrected chi connectivity index (χ2v) is 5.04. The highest BCUT2D eigenvalue weighted by atomic mass is 15.3. The van der Waals surface area contributed by atoms with Gasteiger partial charge >= 0.3 is 0 Å². The van der Waals surface area contributed by atoms with Crippen LogP contribution in [0.1, 0.15) is 25.3 Å². The van der Waals surface area contributed by atoms with Gasteiger partial charge in [0.15, 0.2) is 11.1 Å². The van der Waals surface area contributed by atoms with Crippen molar-refractivity contribution in [1.82, 2.24) is 19.4 Å².